The van der Waals surface area contributed by atoms with E-state index in [2.05, 4.69) is 15.6 Å². The van der Waals surface area contributed by atoms with Gasteiger partial charge in [-0.1, -0.05) is 56.4 Å². The Morgan fingerprint density at radius 3 is 2.18 bits per heavy atom. The Balaban J connectivity index is 1.70. The molecule has 0 bridgehead atoms. The molecule has 0 aliphatic heterocycles. The van der Waals surface area contributed by atoms with Gasteiger partial charge < -0.3 is 33.6 Å². The number of hydrogen-bond acceptors (Lipinski definition) is 5. The average molecular weight is 540 g/mol. The maximum atomic E-state index is 13.4. The molecule has 1 fully saturated rings. The Hall–Kier alpha value is -3.99. The van der Waals surface area contributed by atoms with Crippen molar-refractivity contribution in [2.24, 2.45) is 33.8 Å². The summed E-state index contributed by atoms with van der Waals surface area (Å²) in [6.07, 6.45) is 5.90. The summed E-state index contributed by atoms with van der Waals surface area (Å²) in [5.41, 5.74) is 24.6. The van der Waals surface area contributed by atoms with Crippen LogP contribution in [-0.2, 0) is 27.2 Å². The maximum absolute atomic E-state index is 13.4. The first kappa shape index (κ1) is 29.6. The summed E-state index contributed by atoms with van der Waals surface area (Å²) in [7, 11) is 0. The molecular formula is C28H38FN7O3. The van der Waals surface area contributed by atoms with Gasteiger partial charge in [0.05, 0.1) is 11.7 Å². The summed E-state index contributed by atoms with van der Waals surface area (Å²) in [5, 5.41) is 5.49. The summed E-state index contributed by atoms with van der Waals surface area (Å²) in [6.45, 7) is 0. The highest BCUT2D eigenvalue weighted by Crippen LogP contribution is 2.27. The zero-order valence-corrected chi connectivity index (χ0v) is 21.9. The van der Waals surface area contributed by atoms with Gasteiger partial charge in [-0.3, -0.25) is 14.4 Å². The molecule has 10 nitrogen and oxygen atoms in total. The molecule has 0 heterocycles. The molecule has 39 heavy (non-hydrogen) atoms. The topological polar surface area (TPSA) is 192 Å². The Bertz CT molecular complexity index is 1160. The maximum Gasteiger partial charge on any atom is 0.243 e. The SMILES string of the molecule is NC(=O)[C@H](Cc1ccc(F)cc1)NC(=O)[C@H](CC1CCCCC1)NC(=O)[C@@H](N)Cc1cccc(N=C(N)N)c1. The Labute approximate surface area is 227 Å². The van der Waals surface area contributed by atoms with Crippen molar-refractivity contribution in [2.75, 3.05) is 0 Å². The number of halogens is 1. The van der Waals surface area contributed by atoms with Gasteiger partial charge >= 0.3 is 0 Å². The van der Waals surface area contributed by atoms with E-state index in [4.69, 9.17) is 22.9 Å². The van der Waals surface area contributed by atoms with Crippen molar-refractivity contribution >= 4 is 29.4 Å². The molecule has 0 aromatic heterocycles. The van der Waals surface area contributed by atoms with Crippen LogP contribution in [0.5, 0.6) is 0 Å². The van der Waals surface area contributed by atoms with Crippen LogP contribution in [0.15, 0.2) is 53.5 Å². The van der Waals surface area contributed by atoms with Crippen LogP contribution in [0.3, 0.4) is 0 Å². The summed E-state index contributed by atoms with van der Waals surface area (Å²) < 4.78 is 13.3. The highest BCUT2D eigenvalue weighted by molar-refractivity contribution is 5.92. The highest BCUT2D eigenvalue weighted by atomic mass is 19.1. The van der Waals surface area contributed by atoms with Crippen molar-refractivity contribution in [1.82, 2.24) is 10.6 Å². The third-order valence-electron chi connectivity index (χ3n) is 6.90. The second-order valence-electron chi connectivity index (χ2n) is 10.1. The minimum atomic E-state index is -1.03. The molecule has 2 aromatic carbocycles. The fourth-order valence-electron chi connectivity index (χ4n) is 4.87. The summed E-state index contributed by atoms with van der Waals surface area (Å²) in [6, 6.07) is 9.75. The van der Waals surface area contributed by atoms with Gasteiger partial charge in [0.15, 0.2) is 5.96 Å². The van der Waals surface area contributed by atoms with Crippen LogP contribution in [0, 0.1) is 11.7 Å². The lowest BCUT2D eigenvalue weighted by molar-refractivity contribution is -0.132. The van der Waals surface area contributed by atoms with Crippen molar-refractivity contribution in [3.05, 3.63) is 65.5 Å². The molecule has 3 amide bonds. The fraction of sp³-hybridized carbons (Fsp3) is 0.429. The minimum absolute atomic E-state index is 0.0838. The van der Waals surface area contributed by atoms with E-state index in [-0.39, 0.29) is 24.7 Å². The molecule has 2 aromatic rings. The quantitative estimate of drug-likeness (QED) is 0.174. The molecule has 3 atom stereocenters. The number of carbonyl (C=O) groups is 3. The lowest BCUT2D eigenvalue weighted by Crippen LogP contribution is -2.56. The zero-order valence-electron chi connectivity index (χ0n) is 21.9. The van der Waals surface area contributed by atoms with Crippen LogP contribution in [0.2, 0.25) is 0 Å². The molecule has 0 radical (unpaired) electrons. The fourth-order valence-corrected chi connectivity index (χ4v) is 4.87. The number of aliphatic imine (C=N–C) groups is 1. The Kier molecular flexibility index (Phi) is 10.8. The number of nitrogens with two attached hydrogens (primary N) is 4. The van der Waals surface area contributed by atoms with E-state index in [1.165, 1.54) is 24.3 Å². The van der Waals surface area contributed by atoms with Gasteiger partial charge in [0.1, 0.15) is 17.9 Å². The molecule has 10 N–H and O–H groups in total. The third-order valence-corrected chi connectivity index (χ3v) is 6.90. The first-order valence-corrected chi connectivity index (χ1v) is 13.2. The van der Waals surface area contributed by atoms with Gasteiger partial charge in [0.25, 0.3) is 0 Å². The number of nitrogens with one attached hydrogen (secondary N) is 2. The van der Waals surface area contributed by atoms with Crippen molar-refractivity contribution in [2.45, 2.75) is 69.5 Å². The van der Waals surface area contributed by atoms with Gasteiger partial charge in [0.2, 0.25) is 17.7 Å². The van der Waals surface area contributed by atoms with Crippen molar-refractivity contribution in [1.29, 1.82) is 0 Å². The van der Waals surface area contributed by atoms with E-state index in [0.29, 0.717) is 17.7 Å². The normalized spacial score (nSPS) is 15.9. The Morgan fingerprint density at radius 2 is 1.54 bits per heavy atom. The molecule has 1 aliphatic carbocycles. The van der Waals surface area contributed by atoms with Gasteiger partial charge in [-0.2, -0.15) is 0 Å². The molecule has 0 spiro atoms. The number of primary amides is 1. The van der Waals surface area contributed by atoms with Gasteiger partial charge in [0, 0.05) is 6.42 Å². The Morgan fingerprint density at radius 1 is 0.872 bits per heavy atom. The largest absolute Gasteiger partial charge is 0.370 e. The number of benzene rings is 2. The summed E-state index contributed by atoms with van der Waals surface area (Å²) in [4.78, 5) is 42.6. The predicted molar refractivity (Wildman–Crippen MR) is 148 cm³/mol. The number of hydrogen-bond donors (Lipinski definition) is 6. The van der Waals surface area contributed by atoms with Gasteiger partial charge in [-0.15, -0.1) is 0 Å². The lowest BCUT2D eigenvalue weighted by Gasteiger charge is -2.28. The lowest BCUT2D eigenvalue weighted by atomic mass is 9.84. The van der Waals surface area contributed by atoms with Crippen LogP contribution < -0.4 is 33.6 Å². The second kappa shape index (κ2) is 14.2. The van der Waals surface area contributed by atoms with Gasteiger partial charge in [-0.25, -0.2) is 9.38 Å². The molecule has 1 aliphatic rings. The molecule has 11 heteroatoms. The molecule has 0 saturated heterocycles. The standard InChI is InChI=1S/C28H38FN7O3/c29-20-11-9-18(10-12-20)15-23(25(31)37)35-27(39)24(16-17-5-2-1-3-6-17)36-26(38)22(30)14-19-7-4-8-21(13-19)34-28(32)33/h4,7-13,17,22-24H,1-3,5-6,14-16,30H2,(H2,31,37)(H,35,39)(H,36,38)(H4,32,33,34)/t22-,23-,24-/m0/s1. The molecular weight excluding hydrogens is 501 g/mol. The van der Waals surface area contributed by atoms with Crippen molar-refractivity contribution < 1.29 is 18.8 Å². The van der Waals surface area contributed by atoms with Crippen LogP contribution in [0.4, 0.5) is 10.1 Å². The predicted octanol–water partition coefficient (Wildman–Crippen LogP) is 1.27. The average Bonchev–Trinajstić information content (AvgIpc) is 2.89. The number of carbonyl (C=O) groups excluding carboxylic acids is 3. The van der Waals surface area contributed by atoms with E-state index in [1.54, 1.807) is 24.3 Å². The molecule has 1 saturated carbocycles. The summed E-state index contributed by atoms with van der Waals surface area (Å²) in [5.74, 6) is -1.97. The minimum Gasteiger partial charge on any atom is -0.370 e. The molecule has 0 unspecified atom stereocenters. The number of rotatable bonds is 12. The third kappa shape index (κ3) is 9.68. The second-order valence-corrected chi connectivity index (χ2v) is 10.1. The summed E-state index contributed by atoms with van der Waals surface area (Å²) >= 11 is 0. The number of amides is 3. The number of nitrogens with zero attached hydrogens (tertiary/aromatic N) is 1. The van der Waals surface area contributed by atoms with Crippen LogP contribution in [0.1, 0.15) is 49.7 Å². The molecule has 3 rings (SSSR count). The highest BCUT2D eigenvalue weighted by Gasteiger charge is 2.30. The van der Waals surface area contributed by atoms with E-state index < -0.39 is 41.7 Å². The van der Waals surface area contributed by atoms with E-state index in [0.717, 1.165) is 37.7 Å². The van der Waals surface area contributed by atoms with E-state index in [9.17, 15) is 18.8 Å². The van der Waals surface area contributed by atoms with Crippen LogP contribution in [0.25, 0.3) is 0 Å². The van der Waals surface area contributed by atoms with Crippen molar-refractivity contribution in [3.8, 4) is 0 Å². The van der Waals surface area contributed by atoms with E-state index >= 15 is 0 Å². The van der Waals surface area contributed by atoms with Crippen molar-refractivity contribution in [3.63, 3.8) is 0 Å². The first-order valence-electron chi connectivity index (χ1n) is 13.2. The smallest absolute Gasteiger partial charge is 0.243 e. The number of guanidine groups is 1. The van der Waals surface area contributed by atoms with Crippen LogP contribution in [-0.4, -0.2) is 41.8 Å². The molecule has 210 valence electrons. The monoisotopic (exact) mass is 539 g/mol. The zero-order chi connectivity index (χ0) is 28.4. The van der Waals surface area contributed by atoms with Gasteiger partial charge in [-0.05, 0) is 54.2 Å². The first-order chi connectivity index (χ1) is 18.6. The van der Waals surface area contributed by atoms with Crippen LogP contribution >= 0.6 is 0 Å². The van der Waals surface area contributed by atoms with E-state index in [1.807, 2.05) is 0 Å².